The third-order valence-corrected chi connectivity index (χ3v) is 7.09. The number of aryl methyl sites for hydroxylation is 2. The van der Waals surface area contributed by atoms with Crippen LogP contribution in [0.25, 0.3) is 0 Å². The molecule has 2 aliphatic rings. The molecule has 0 saturated heterocycles. The van der Waals surface area contributed by atoms with Gasteiger partial charge in [-0.1, -0.05) is 0 Å². The fourth-order valence-corrected chi connectivity index (χ4v) is 5.33. The minimum atomic E-state index is -1.16. The number of fused-ring (bicyclic) bond motifs is 2. The van der Waals surface area contributed by atoms with Crippen LogP contribution in [0.15, 0.2) is 61.4 Å². The van der Waals surface area contributed by atoms with E-state index in [4.69, 9.17) is 28.6 Å². The van der Waals surface area contributed by atoms with Crippen LogP contribution >= 0.6 is 0 Å². The molecule has 15 nitrogen and oxygen atoms in total. The van der Waals surface area contributed by atoms with Crippen LogP contribution in [0.2, 0.25) is 0 Å². The number of carbonyl (C=O) groups is 2. The number of carboxylic acids is 1. The van der Waals surface area contributed by atoms with Gasteiger partial charge in [0.15, 0.2) is 0 Å². The Hall–Kier alpha value is -4.33. The first-order chi connectivity index (χ1) is 22.1. The summed E-state index contributed by atoms with van der Waals surface area (Å²) in [7, 11) is -2.27. The first-order valence-electron chi connectivity index (χ1n) is 14.3. The van der Waals surface area contributed by atoms with Crippen molar-refractivity contribution in [3.8, 4) is 23.3 Å². The average Bonchev–Trinajstić information content (AvgIpc) is 3.49. The van der Waals surface area contributed by atoms with Crippen LogP contribution in [0.3, 0.4) is 0 Å². The molecule has 4 N–H and O–H groups in total. The maximum absolute atomic E-state index is 11.7. The average molecular weight is 652 g/mol. The quantitative estimate of drug-likeness (QED) is 0.145. The molecule has 4 aromatic rings. The number of benzene rings is 2. The zero-order valence-electron chi connectivity index (χ0n) is 26.6. The van der Waals surface area contributed by atoms with E-state index < -0.39 is 32.4 Å². The molecule has 0 amide bonds. The summed E-state index contributed by atoms with van der Waals surface area (Å²) in [5.41, 5.74) is 4.24. The summed E-state index contributed by atoms with van der Waals surface area (Å²) in [5.74, 6) is 0.346. The van der Waals surface area contributed by atoms with E-state index in [1.165, 1.54) is 31.0 Å². The van der Waals surface area contributed by atoms with E-state index in [1.54, 1.807) is 31.3 Å². The van der Waals surface area contributed by atoms with E-state index in [9.17, 15) is 19.6 Å². The van der Waals surface area contributed by atoms with Crippen molar-refractivity contribution in [1.82, 2.24) is 19.9 Å². The van der Waals surface area contributed by atoms with E-state index in [0.29, 0.717) is 46.4 Å². The predicted molar refractivity (Wildman–Crippen MR) is 165 cm³/mol. The number of aromatic nitrogens is 4. The summed E-state index contributed by atoms with van der Waals surface area (Å²) in [4.78, 5) is 38.5. The van der Waals surface area contributed by atoms with E-state index in [0.717, 1.165) is 16.7 Å². The zero-order valence-corrected chi connectivity index (χ0v) is 26.6. The number of carboxylic acid groups (broad SMARTS) is 1. The van der Waals surface area contributed by atoms with Gasteiger partial charge in [0.1, 0.15) is 11.5 Å². The fourth-order valence-electron chi connectivity index (χ4n) is 5.33. The van der Waals surface area contributed by atoms with E-state index in [1.807, 2.05) is 19.9 Å². The number of aliphatic carboxylic acids is 1. The molecule has 0 unspecified atom stereocenters. The maximum atomic E-state index is 11.7. The summed E-state index contributed by atoms with van der Waals surface area (Å²) in [6, 6.07) is 6.88. The SMILES string of the molecule is CCOC(=O)C[C@H]1OB(O)c2cc(Oc3cnccn3)cc(C)c21.Cc1cc(Oc2cnccn2)cc2c1[C@@H](CC(=O)O)OB2O.[Li+].[OH-]. The molecule has 0 aliphatic carbocycles. The number of ether oxygens (including phenoxy) is 3. The largest absolute Gasteiger partial charge is 1.00 e. The maximum Gasteiger partial charge on any atom is 1.00 e. The second-order valence-electron chi connectivity index (χ2n) is 10.3. The van der Waals surface area contributed by atoms with E-state index in [-0.39, 0.29) is 43.1 Å². The Kier molecular flexibility index (Phi) is 13.6. The molecule has 2 aromatic heterocycles. The van der Waals surface area contributed by atoms with Crippen molar-refractivity contribution in [2.75, 3.05) is 6.61 Å². The van der Waals surface area contributed by atoms with Crippen LogP contribution in [-0.2, 0) is 23.6 Å². The molecule has 0 saturated carbocycles. The summed E-state index contributed by atoms with van der Waals surface area (Å²) >= 11 is 0. The minimum absolute atomic E-state index is 0. The summed E-state index contributed by atoms with van der Waals surface area (Å²) < 4.78 is 27.0. The molecular weight excluding hydrogens is 621 g/mol. The molecule has 0 spiro atoms. The number of nitrogens with zero attached hydrogens (tertiary/aromatic N) is 4. The molecular formula is C30H31B2LiN4O11. The molecule has 0 fully saturated rings. The van der Waals surface area contributed by atoms with Gasteiger partial charge in [-0.2, -0.15) is 0 Å². The van der Waals surface area contributed by atoms with Gasteiger partial charge >= 0.3 is 45.0 Å². The van der Waals surface area contributed by atoms with Crippen LogP contribution in [0.4, 0.5) is 0 Å². The second kappa shape index (κ2) is 17.2. The molecule has 2 aromatic carbocycles. The number of esters is 1. The number of rotatable bonds is 9. The van der Waals surface area contributed by atoms with Crippen LogP contribution in [0, 0.1) is 13.8 Å². The Morgan fingerprint density at radius 1 is 0.792 bits per heavy atom. The van der Waals surface area contributed by atoms with Gasteiger partial charge in [0, 0.05) is 24.8 Å². The molecule has 2 atom stereocenters. The van der Waals surface area contributed by atoms with Crippen molar-refractivity contribution in [3.63, 3.8) is 0 Å². The first kappa shape index (κ1) is 38.1. The van der Waals surface area contributed by atoms with Crippen LogP contribution < -0.4 is 39.3 Å². The number of hydrogen-bond donors (Lipinski definition) is 3. The zero-order chi connectivity index (χ0) is 32.8. The molecule has 0 bridgehead atoms. The smallest absolute Gasteiger partial charge is 0.870 e. The molecule has 2 aliphatic heterocycles. The Labute approximate surface area is 288 Å². The van der Waals surface area contributed by atoms with Gasteiger partial charge in [0.05, 0.1) is 44.1 Å². The Morgan fingerprint density at radius 2 is 1.25 bits per heavy atom. The molecule has 48 heavy (non-hydrogen) atoms. The topological polar surface area (TPSA) is 223 Å². The number of hydrogen-bond acceptors (Lipinski definition) is 14. The van der Waals surface area contributed by atoms with E-state index >= 15 is 0 Å². The van der Waals surface area contributed by atoms with Crippen LogP contribution in [0.5, 0.6) is 23.3 Å². The Balaban J connectivity index is 0.000000251. The van der Waals surface area contributed by atoms with E-state index in [2.05, 4.69) is 19.9 Å². The number of carbonyl (C=O) groups excluding carboxylic acids is 1. The van der Waals surface area contributed by atoms with Gasteiger partial charge in [-0.25, -0.2) is 9.97 Å². The minimum Gasteiger partial charge on any atom is -0.870 e. The van der Waals surface area contributed by atoms with Crippen molar-refractivity contribution >= 4 is 37.1 Å². The Bertz CT molecular complexity index is 1710. The summed E-state index contributed by atoms with van der Waals surface area (Å²) in [5, 5.41) is 29.1. The molecule has 0 radical (unpaired) electrons. The molecule has 6 rings (SSSR count). The monoisotopic (exact) mass is 652 g/mol. The normalized spacial score (nSPS) is 15.5. The Morgan fingerprint density at radius 3 is 1.65 bits per heavy atom. The van der Waals surface area contributed by atoms with Gasteiger partial charge in [-0.05, 0) is 78.2 Å². The van der Waals surface area contributed by atoms with Crippen molar-refractivity contribution in [2.24, 2.45) is 0 Å². The van der Waals surface area contributed by atoms with Crippen molar-refractivity contribution in [2.45, 2.75) is 45.8 Å². The van der Waals surface area contributed by atoms with Gasteiger partial charge in [0.2, 0.25) is 11.8 Å². The third-order valence-electron chi connectivity index (χ3n) is 7.09. The van der Waals surface area contributed by atoms with Gasteiger partial charge in [0.25, 0.3) is 0 Å². The molecule has 244 valence electrons. The first-order valence-corrected chi connectivity index (χ1v) is 14.3. The van der Waals surface area contributed by atoms with Crippen LogP contribution in [-0.4, -0.2) is 73.3 Å². The van der Waals surface area contributed by atoms with Crippen molar-refractivity contribution in [1.29, 1.82) is 0 Å². The predicted octanol–water partition coefficient (Wildman–Crippen LogP) is -1.07. The summed E-state index contributed by atoms with van der Waals surface area (Å²) in [6.45, 7) is 5.75. The summed E-state index contributed by atoms with van der Waals surface area (Å²) in [6.07, 6.45) is 7.78. The molecule has 18 heteroatoms. The van der Waals surface area contributed by atoms with Gasteiger partial charge in [-0.3, -0.25) is 19.6 Å². The van der Waals surface area contributed by atoms with Gasteiger partial charge in [-0.15, -0.1) is 0 Å². The fraction of sp³-hybridized carbons (Fsp3) is 0.267. The van der Waals surface area contributed by atoms with Crippen molar-refractivity contribution in [3.05, 3.63) is 83.7 Å². The second-order valence-corrected chi connectivity index (χ2v) is 10.3. The van der Waals surface area contributed by atoms with Crippen molar-refractivity contribution < 1.29 is 72.6 Å². The van der Waals surface area contributed by atoms with Gasteiger partial charge < -0.3 is 44.2 Å². The standard InChI is InChI=1S/C16H17BN2O5.C14H13BN2O5.Li.H2O/c1-3-22-15(20)8-13-16-10(2)6-11(7-12(16)17(21)24-13)23-14-9-18-4-5-19-14;1-8-4-9(21-12-7-16-2-3-17-12)5-10-14(8)11(6-13(18)19)22-15(10)20;;/h4-7,9,13,21H,3,8H2,1-2H3;2-5,7,11,20H,6H2,1H3,(H,18,19);;1H2/q;;+1;/p-1/t13-;11-;;/m11../s1. The third kappa shape index (κ3) is 9.17. The van der Waals surface area contributed by atoms with Crippen LogP contribution in [0.1, 0.15) is 54.2 Å². The molecule has 4 heterocycles.